The fraction of sp³-hybridized carbons (Fsp3) is 0.136. The number of hydrogen-bond acceptors (Lipinski definition) is 5. The Morgan fingerprint density at radius 1 is 1.11 bits per heavy atom. The van der Waals surface area contributed by atoms with Crippen LogP contribution in [0.5, 0.6) is 5.75 Å². The predicted molar refractivity (Wildman–Crippen MR) is 111 cm³/mol. The van der Waals surface area contributed by atoms with Gasteiger partial charge in [0.15, 0.2) is 5.82 Å². The summed E-state index contributed by atoms with van der Waals surface area (Å²) < 4.78 is 5.46. The van der Waals surface area contributed by atoms with Crippen molar-refractivity contribution >= 4 is 17.4 Å². The first kappa shape index (κ1) is 19.1. The number of carbonyl (C=O) groups excluding carboxylic acids is 1. The monoisotopic (exact) mass is 374 g/mol. The summed E-state index contributed by atoms with van der Waals surface area (Å²) in [5.74, 6) is 1.52. The zero-order chi connectivity index (χ0) is 19.8. The number of amides is 1. The van der Waals surface area contributed by atoms with Gasteiger partial charge in [-0.15, -0.1) is 6.58 Å². The number of benzene rings is 2. The van der Waals surface area contributed by atoms with E-state index in [1.807, 2.05) is 61.5 Å². The smallest absolute Gasteiger partial charge is 0.270 e. The van der Waals surface area contributed by atoms with E-state index in [0.717, 1.165) is 17.0 Å². The molecule has 0 radical (unpaired) electrons. The first-order valence-corrected chi connectivity index (χ1v) is 9.03. The molecule has 1 heterocycles. The lowest BCUT2D eigenvalue weighted by Crippen LogP contribution is -2.24. The van der Waals surface area contributed by atoms with Gasteiger partial charge in [-0.25, -0.2) is 9.97 Å². The number of aromatic nitrogens is 2. The zero-order valence-electron chi connectivity index (χ0n) is 15.7. The van der Waals surface area contributed by atoms with Gasteiger partial charge in [0.2, 0.25) is 0 Å². The van der Waals surface area contributed by atoms with Gasteiger partial charge in [0, 0.05) is 23.9 Å². The average Bonchev–Trinajstić information content (AvgIpc) is 2.74. The van der Waals surface area contributed by atoms with E-state index in [-0.39, 0.29) is 11.6 Å². The van der Waals surface area contributed by atoms with Crippen molar-refractivity contribution in [3.63, 3.8) is 0 Å². The van der Waals surface area contributed by atoms with Crippen LogP contribution in [0.15, 0.2) is 73.3 Å². The van der Waals surface area contributed by atoms with Gasteiger partial charge < -0.3 is 15.4 Å². The minimum atomic E-state index is -0.283. The number of hydrogen-bond donors (Lipinski definition) is 2. The molecule has 0 bridgehead atoms. The van der Waals surface area contributed by atoms with Crippen molar-refractivity contribution in [1.29, 1.82) is 0 Å². The molecule has 3 aromatic rings. The van der Waals surface area contributed by atoms with Crippen LogP contribution in [-0.4, -0.2) is 29.0 Å². The third-order valence-electron chi connectivity index (χ3n) is 3.84. The van der Waals surface area contributed by atoms with E-state index in [0.29, 0.717) is 24.8 Å². The van der Waals surface area contributed by atoms with Crippen LogP contribution in [0.2, 0.25) is 0 Å². The topological polar surface area (TPSA) is 76.1 Å². The van der Waals surface area contributed by atoms with E-state index >= 15 is 0 Å². The lowest BCUT2D eigenvalue weighted by molar-refractivity contribution is 0.0953. The Morgan fingerprint density at radius 2 is 1.86 bits per heavy atom. The standard InChI is InChI=1S/C22H22N4O2/c1-3-14-23-22(27)19-15-20(24-17-10-12-18(13-11-17)28-4-2)26-21(25-19)16-8-6-5-7-9-16/h3,5-13,15H,1,4,14H2,2H3,(H,23,27)(H,24,25,26). The zero-order valence-corrected chi connectivity index (χ0v) is 15.7. The fourth-order valence-corrected chi connectivity index (χ4v) is 2.55. The molecule has 0 saturated heterocycles. The number of nitrogens with zero attached hydrogens (tertiary/aromatic N) is 2. The molecule has 0 atom stereocenters. The summed E-state index contributed by atoms with van der Waals surface area (Å²) in [7, 11) is 0. The first-order chi connectivity index (χ1) is 13.7. The Labute approximate surface area is 164 Å². The van der Waals surface area contributed by atoms with Crippen LogP contribution in [-0.2, 0) is 0 Å². The molecular weight excluding hydrogens is 352 g/mol. The van der Waals surface area contributed by atoms with Crippen LogP contribution in [0.3, 0.4) is 0 Å². The molecule has 0 aliphatic rings. The van der Waals surface area contributed by atoms with Crippen molar-refractivity contribution < 1.29 is 9.53 Å². The molecule has 6 nitrogen and oxygen atoms in total. The van der Waals surface area contributed by atoms with Gasteiger partial charge in [-0.2, -0.15) is 0 Å². The van der Waals surface area contributed by atoms with E-state index in [1.165, 1.54) is 0 Å². The predicted octanol–water partition coefficient (Wildman–Crippen LogP) is 4.20. The number of rotatable bonds is 8. The number of ether oxygens (including phenoxy) is 1. The molecule has 6 heteroatoms. The van der Waals surface area contributed by atoms with E-state index in [4.69, 9.17) is 4.74 Å². The van der Waals surface area contributed by atoms with Gasteiger partial charge in [-0.05, 0) is 31.2 Å². The average molecular weight is 374 g/mol. The maximum atomic E-state index is 12.4. The maximum Gasteiger partial charge on any atom is 0.270 e. The molecule has 2 N–H and O–H groups in total. The molecule has 0 aliphatic heterocycles. The molecule has 0 fully saturated rings. The van der Waals surface area contributed by atoms with E-state index in [9.17, 15) is 4.79 Å². The molecule has 2 aromatic carbocycles. The molecule has 28 heavy (non-hydrogen) atoms. The third kappa shape index (κ3) is 4.94. The summed E-state index contributed by atoms with van der Waals surface area (Å²) in [5, 5.41) is 5.98. The summed E-state index contributed by atoms with van der Waals surface area (Å²) in [6.07, 6.45) is 1.62. The molecule has 0 spiro atoms. The molecule has 0 unspecified atom stereocenters. The maximum absolute atomic E-state index is 12.4. The van der Waals surface area contributed by atoms with E-state index in [1.54, 1.807) is 12.1 Å². The second-order valence-corrected chi connectivity index (χ2v) is 5.91. The Bertz CT molecular complexity index is 941. The van der Waals surface area contributed by atoms with Gasteiger partial charge >= 0.3 is 0 Å². The molecular formula is C22H22N4O2. The SMILES string of the molecule is C=CCNC(=O)c1cc(Nc2ccc(OCC)cc2)nc(-c2ccccc2)n1. The molecule has 3 rings (SSSR count). The Kier molecular flexibility index (Phi) is 6.36. The van der Waals surface area contributed by atoms with Gasteiger partial charge in [0.05, 0.1) is 6.61 Å². The summed E-state index contributed by atoms with van der Waals surface area (Å²) in [6.45, 7) is 6.54. The summed E-state index contributed by atoms with van der Waals surface area (Å²) in [4.78, 5) is 21.4. The van der Waals surface area contributed by atoms with Crippen molar-refractivity contribution in [1.82, 2.24) is 15.3 Å². The van der Waals surface area contributed by atoms with Crippen molar-refractivity contribution in [2.45, 2.75) is 6.92 Å². The van der Waals surface area contributed by atoms with Gasteiger partial charge in [-0.3, -0.25) is 4.79 Å². The van der Waals surface area contributed by atoms with Crippen molar-refractivity contribution in [3.05, 3.63) is 79.0 Å². The largest absolute Gasteiger partial charge is 0.494 e. The lowest BCUT2D eigenvalue weighted by atomic mass is 10.2. The third-order valence-corrected chi connectivity index (χ3v) is 3.84. The highest BCUT2D eigenvalue weighted by Gasteiger charge is 2.13. The highest BCUT2D eigenvalue weighted by atomic mass is 16.5. The van der Waals surface area contributed by atoms with Crippen LogP contribution < -0.4 is 15.4 Å². The van der Waals surface area contributed by atoms with Crippen molar-refractivity contribution in [3.8, 4) is 17.1 Å². The van der Waals surface area contributed by atoms with Gasteiger partial charge in [0.25, 0.3) is 5.91 Å². The summed E-state index contributed by atoms with van der Waals surface area (Å²) in [5.41, 5.74) is 1.94. The minimum absolute atomic E-state index is 0.282. The van der Waals surface area contributed by atoms with Crippen molar-refractivity contribution in [2.24, 2.45) is 0 Å². The number of anilines is 2. The van der Waals surface area contributed by atoms with Crippen LogP contribution >= 0.6 is 0 Å². The van der Waals surface area contributed by atoms with Crippen LogP contribution in [0.4, 0.5) is 11.5 Å². The summed E-state index contributed by atoms with van der Waals surface area (Å²) in [6, 6.07) is 18.7. The molecule has 0 saturated carbocycles. The molecule has 1 aromatic heterocycles. The fourth-order valence-electron chi connectivity index (χ4n) is 2.55. The number of nitrogens with one attached hydrogen (secondary N) is 2. The quantitative estimate of drug-likeness (QED) is 0.578. The Balaban J connectivity index is 1.92. The highest BCUT2D eigenvalue weighted by molar-refractivity contribution is 5.93. The van der Waals surface area contributed by atoms with Gasteiger partial charge in [0.1, 0.15) is 17.3 Å². The Hall–Kier alpha value is -3.67. The Morgan fingerprint density at radius 3 is 2.54 bits per heavy atom. The van der Waals surface area contributed by atoms with Crippen LogP contribution in [0.1, 0.15) is 17.4 Å². The molecule has 1 amide bonds. The second-order valence-electron chi connectivity index (χ2n) is 5.91. The second kappa shape index (κ2) is 9.32. The highest BCUT2D eigenvalue weighted by Crippen LogP contribution is 2.22. The molecule has 0 aliphatic carbocycles. The minimum Gasteiger partial charge on any atom is -0.494 e. The molecule has 142 valence electrons. The lowest BCUT2D eigenvalue weighted by Gasteiger charge is -2.11. The van der Waals surface area contributed by atoms with Gasteiger partial charge in [-0.1, -0.05) is 36.4 Å². The van der Waals surface area contributed by atoms with Crippen LogP contribution in [0.25, 0.3) is 11.4 Å². The van der Waals surface area contributed by atoms with Crippen LogP contribution in [0, 0.1) is 0 Å². The summed E-state index contributed by atoms with van der Waals surface area (Å²) >= 11 is 0. The number of carbonyl (C=O) groups is 1. The van der Waals surface area contributed by atoms with Crippen molar-refractivity contribution in [2.75, 3.05) is 18.5 Å². The van der Waals surface area contributed by atoms with E-state index < -0.39 is 0 Å². The normalized spacial score (nSPS) is 10.2. The first-order valence-electron chi connectivity index (χ1n) is 9.03. The van der Waals surface area contributed by atoms with E-state index in [2.05, 4.69) is 27.2 Å².